The molecule has 0 aliphatic rings. The molecule has 0 saturated carbocycles. The predicted molar refractivity (Wildman–Crippen MR) is 132 cm³/mol. The first kappa shape index (κ1) is 25.3. The van der Waals surface area contributed by atoms with Gasteiger partial charge in [0.05, 0.1) is 12.7 Å². The van der Waals surface area contributed by atoms with Crippen molar-refractivity contribution < 1.29 is 22.7 Å². The summed E-state index contributed by atoms with van der Waals surface area (Å²) in [6.45, 7) is 5.73. The van der Waals surface area contributed by atoms with E-state index in [0.717, 1.165) is 40.1 Å². The summed E-state index contributed by atoms with van der Waals surface area (Å²) in [6.07, 6.45) is 0.225. The molecule has 0 aromatic heterocycles. The second-order valence-electron chi connectivity index (χ2n) is 8.86. The normalized spacial score (nSPS) is 12.8. The third-order valence-corrected chi connectivity index (χ3v) is 5.71. The number of ether oxygens (including phenoxy) is 1. The lowest BCUT2D eigenvalue weighted by Crippen LogP contribution is -2.12. The number of halogens is 3. The first-order valence-corrected chi connectivity index (χ1v) is 11.2. The third kappa shape index (κ3) is 6.60. The largest absolute Gasteiger partial charge is 0.497 e. The van der Waals surface area contributed by atoms with Gasteiger partial charge in [0.1, 0.15) is 11.5 Å². The Kier molecular flexibility index (Phi) is 7.98. The molecule has 0 bridgehead atoms. The quantitative estimate of drug-likeness (QED) is 0.312. The number of alkyl halides is 3. The highest BCUT2D eigenvalue weighted by Gasteiger charge is 2.30. The van der Waals surface area contributed by atoms with Crippen LogP contribution in [0.5, 0.6) is 5.75 Å². The van der Waals surface area contributed by atoms with E-state index in [9.17, 15) is 18.0 Å². The average molecular weight is 467 g/mol. The van der Waals surface area contributed by atoms with Gasteiger partial charge in [-0.1, -0.05) is 62.4 Å². The van der Waals surface area contributed by atoms with Crippen LogP contribution in [0.15, 0.2) is 66.7 Å². The van der Waals surface area contributed by atoms with Crippen LogP contribution in [-0.2, 0) is 11.0 Å². The number of rotatable bonds is 8. The molecular formula is C29H29F3O2. The molecule has 3 aromatic rings. The molecule has 0 amide bonds. The highest BCUT2D eigenvalue weighted by Crippen LogP contribution is 2.34. The van der Waals surface area contributed by atoms with Crippen molar-refractivity contribution in [2.75, 3.05) is 7.11 Å². The van der Waals surface area contributed by atoms with E-state index >= 15 is 0 Å². The highest BCUT2D eigenvalue weighted by molar-refractivity contribution is 5.85. The molecule has 0 aliphatic carbocycles. The molecule has 0 N–H and O–H groups in total. The molecule has 1 unspecified atom stereocenters. The van der Waals surface area contributed by atoms with Gasteiger partial charge in [-0.2, -0.15) is 13.2 Å². The number of ketones is 1. The fourth-order valence-corrected chi connectivity index (χ4v) is 3.91. The maximum absolute atomic E-state index is 13.0. The Hall–Kier alpha value is -3.34. The van der Waals surface area contributed by atoms with Gasteiger partial charge in [-0.3, -0.25) is 4.79 Å². The molecule has 0 heterocycles. The maximum atomic E-state index is 13.0. The van der Waals surface area contributed by atoms with Gasteiger partial charge in [0.25, 0.3) is 0 Å². The van der Waals surface area contributed by atoms with E-state index in [-0.39, 0.29) is 11.7 Å². The summed E-state index contributed by atoms with van der Waals surface area (Å²) in [4.78, 5) is 12.5. The Morgan fingerprint density at radius 3 is 2.03 bits per heavy atom. The Morgan fingerprint density at radius 1 is 0.882 bits per heavy atom. The van der Waals surface area contributed by atoms with Crippen LogP contribution in [0.3, 0.4) is 0 Å². The molecule has 0 aliphatic heterocycles. The number of methoxy groups -OCH3 is 1. The first-order chi connectivity index (χ1) is 16.1. The molecule has 0 radical (unpaired) electrons. The summed E-state index contributed by atoms with van der Waals surface area (Å²) in [5, 5.41) is 0. The molecule has 5 heteroatoms. The topological polar surface area (TPSA) is 26.3 Å². The van der Waals surface area contributed by atoms with Crippen LogP contribution in [0.2, 0.25) is 0 Å². The minimum absolute atomic E-state index is 0.0725. The molecule has 34 heavy (non-hydrogen) atoms. The van der Waals surface area contributed by atoms with Crippen LogP contribution in [0.25, 0.3) is 23.3 Å². The lowest BCUT2D eigenvalue weighted by atomic mass is 9.85. The van der Waals surface area contributed by atoms with Crippen LogP contribution >= 0.6 is 0 Å². The van der Waals surface area contributed by atoms with E-state index in [4.69, 9.17) is 4.74 Å². The number of Topliss-reactive ketones (excluding diaryl/α,β-unsaturated/α-hetero) is 1. The molecule has 0 spiro atoms. The second kappa shape index (κ2) is 10.7. The van der Waals surface area contributed by atoms with Crippen LogP contribution in [0, 0.1) is 5.92 Å². The van der Waals surface area contributed by atoms with Gasteiger partial charge in [0.15, 0.2) is 0 Å². The van der Waals surface area contributed by atoms with Gasteiger partial charge < -0.3 is 4.74 Å². The Morgan fingerprint density at radius 2 is 1.50 bits per heavy atom. The molecule has 3 aromatic carbocycles. The van der Waals surface area contributed by atoms with Gasteiger partial charge in [-0.05, 0) is 77.4 Å². The van der Waals surface area contributed by atoms with Crippen molar-refractivity contribution in [3.8, 4) is 16.9 Å². The van der Waals surface area contributed by atoms with Crippen LogP contribution in [-0.4, -0.2) is 12.9 Å². The van der Waals surface area contributed by atoms with Crippen molar-refractivity contribution in [3.05, 3.63) is 89.0 Å². The monoisotopic (exact) mass is 466 g/mol. The molecule has 3 rings (SSSR count). The lowest BCUT2D eigenvalue weighted by Gasteiger charge is -2.19. The van der Waals surface area contributed by atoms with Crippen molar-refractivity contribution in [2.24, 2.45) is 5.92 Å². The SMILES string of the molecule is COc1ccc(/C=C/c2cc(-c3ccc(C(F)(F)F)cc3)cc(C(CC(C)C)C(C)=O)c2)cc1. The summed E-state index contributed by atoms with van der Waals surface area (Å²) in [5.41, 5.74) is 3.48. The molecular weight excluding hydrogens is 437 g/mol. The summed E-state index contributed by atoms with van der Waals surface area (Å²) in [6, 6.07) is 18.6. The zero-order valence-electron chi connectivity index (χ0n) is 19.8. The first-order valence-electron chi connectivity index (χ1n) is 11.2. The van der Waals surface area contributed by atoms with Gasteiger partial charge in [-0.15, -0.1) is 0 Å². The number of hydrogen-bond donors (Lipinski definition) is 0. The van der Waals surface area contributed by atoms with E-state index in [1.54, 1.807) is 14.0 Å². The van der Waals surface area contributed by atoms with E-state index in [1.165, 1.54) is 12.1 Å². The lowest BCUT2D eigenvalue weighted by molar-refractivity contribution is -0.137. The molecule has 1 atom stereocenters. The van der Waals surface area contributed by atoms with Crippen LogP contribution in [0.4, 0.5) is 13.2 Å². The molecule has 0 fully saturated rings. The van der Waals surface area contributed by atoms with Crippen molar-refractivity contribution in [2.45, 2.75) is 39.3 Å². The fourth-order valence-electron chi connectivity index (χ4n) is 3.91. The van der Waals surface area contributed by atoms with E-state index in [2.05, 4.69) is 13.8 Å². The van der Waals surface area contributed by atoms with Gasteiger partial charge in [0.2, 0.25) is 0 Å². The third-order valence-electron chi connectivity index (χ3n) is 5.71. The standard InChI is InChI=1S/C29H29F3O2/c1-19(2)15-28(20(3)33)25-17-22(6-5-21-7-13-27(34-4)14-8-21)16-24(18-25)23-9-11-26(12-10-23)29(30,31)32/h5-14,16-19,28H,15H2,1-4H3/b6-5+. The van der Waals surface area contributed by atoms with Crippen molar-refractivity contribution in [3.63, 3.8) is 0 Å². The minimum Gasteiger partial charge on any atom is -0.497 e. The van der Waals surface area contributed by atoms with E-state index in [0.29, 0.717) is 17.9 Å². The van der Waals surface area contributed by atoms with E-state index < -0.39 is 11.7 Å². The number of carbonyl (C=O) groups is 1. The van der Waals surface area contributed by atoms with Crippen LogP contribution < -0.4 is 4.74 Å². The second-order valence-corrected chi connectivity index (χ2v) is 8.86. The predicted octanol–water partition coefficient (Wildman–Crippen LogP) is 8.27. The fraction of sp³-hybridized carbons (Fsp3) is 0.276. The Balaban J connectivity index is 2.05. The average Bonchev–Trinajstić information content (AvgIpc) is 2.80. The molecule has 2 nitrogen and oxygen atoms in total. The van der Waals surface area contributed by atoms with Crippen molar-refractivity contribution in [1.82, 2.24) is 0 Å². The molecule has 178 valence electrons. The number of hydrogen-bond acceptors (Lipinski definition) is 2. The Labute approximate surface area is 199 Å². The smallest absolute Gasteiger partial charge is 0.416 e. The summed E-state index contributed by atoms with van der Waals surface area (Å²) in [7, 11) is 1.61. The van der Waals surface area contributed by atoms with Gasteiger partial charge >= 0.3 is 6.18 Å². The highest BCUT2D eigenvalue weighted by atomic mass is 19.4. The summed E-state index contributed by atoms with van der Waals surface area (Å²) >= 11 is 0. The summed E-state index contributed by atoms with van der Waals surface area (Å²) < 4.78 is 44.3. The zero-order valence-corrected chi connectivity index (χ0v) is 19.8. The maximum Gasteiger partial charge on any atom is 0.416 e. The zero-order chi connectivity index (χ0) is 24.9. The van der Waals surface area contributed by atoms with Crippen molar-refractivity contribution >= 4 is 17.9 Å². The molecule has 0 saturated heterocycles. The van der Waals surface area contributed by atoms with Gasteiger partial charge in [-0.25, -0.2) is 0 Å². The summed E-state index contributed by atoms with van der Waals surface area (Å²) in [5.74, 6) is 0.884. The van der Waals surface area contributed by atoms with Crippen molar-refractivity contribution in [1.29, 1.82) is 0 Å². The van der Waals surface area contributed by atoms with Crippen LogP contribution in [0.1, 0.15) is 55.4 Å². The number of carbonyl (C=O) groups excluding carboxylic acids is 1. The van der Waals surface area contributed by atoms with Gasteiger partial charge in [0, 0.05) is 5.92 Å². The minimum atomic E-state index is -4.39. The van der Waals surface area contributed by atoms with E-state index in [1.807, 2.05) is 54.6 Å². The number of benzene rings is 3. The Bertz CT molecular complexity index is 1140.